The summed E-state index contributed by atoms with van der Waals surface area (Å²) in [5.74, 6) is 2.27. The van der Waals surface area contributed by atoms with Crippen LogP contribution in [0.5, 0.6) is 0 Å². The van der Waals surface area contributed by atoms with Crippen LogP contribution in [-0.4, -0.2) is 29.5 Å². The lowest BCUT2D eigenvalue weighted by molar-refractivity contribution is 0.286. The predicted molar refractivity (Wildman–Crippen MR) is 71.3 cm³/mol. The summed E-state index contributed by atoms with van der Waals surface area (Å²) in [5.41, 5.74) is 1.05. The summed E-state index contributed by atoms with van der Waals surface area (Å²) < 4.78 is 14.0. The van der Waals surface area contributed by atoms with E-state index in [4.69, 9.17) is 0 Å². The van der Waals surface area contributed by atoms with E-state index in [2.05, 4.69) is 20.8 Å². The highest BCUT2D eigenvalue weighted by molar-refractivity contribution is 9.10. The van der Waals surface area contributed by atoms with Crippen LogP contribution in [0.4, 0.5) is 4.39 Å². The maximum absolute atomic E-state index is 13.3. The summed E-state index contributed by atoms with van der Waals surface area (Å²) in [6.45, 7) is 3.07. The molecule has 4 heteroatoms. The van der Waals surface area contributed by atoms with Crippen molar-refractivity contribution in [2.45, 2.75) is 13.0 Å². The van der Waals surface area contributed by atoms with Gasteiger partial charge in [-0.2, -0.15) is 11.8 Å². The minimum Gasteiger partial charge on any atom is -0.298 e. The molecule has 1 aliphatic rings. The molecule has 0 atom stereocenters. The summed E-state index contributed by atoms with van der Waals surface area (Å²) in [7, 11) is 0. The summed E-state index contributed by atoms with van der Waals surface area (Å²) in [4.78, 5) is 2.40. The number of nitrogens with zero attached hydrogens (tertiary/aromatic N) is 1. The van der Waals surface area contributed by atoms with Crippen molar-refractivity contribution in [1.82, 2.24) is 4.90 Å². The Hall–Kier alpha value is -0.0600. The molecule has 0 saturated carbocycles. The molecule has 1 aromatic rings. The highest BCUT2D eigenvalue weighted by atomic mass is 79.9. The molecule has 16 heavy (non-hydrogen) atoms. The van der Waals surface area contributed by atoms with Crippen molar-refractivity contribution < 1.29 is 4.39 Å². The topological polar surface area (TPSA) is 3.24 Å². The van der Waals surface area contributed by atoms with Gasteiger partial charge in [0.05, 0.1) is 4.47 Å². The van der Waals surface area contributed by atoms with E-state index in [1.54, 1.807) is 6.07 Å². The van der Waals surface area contributed by atoms with E-state index in [0.29, 0.717) is 4.47 Å². The van der Waals surface area contributed by atoms with Gasteiger partial charge in [-0.15, -0.1) is 0 Å². The molecule has 1 nitrogen and oxygen atoms in total. The van der Waals surface area contributed by atoms with Crippen molar-refractivity contribution in [3.63, 3.8) is 0 Å². The van der Waals surface area contributed by atoms with E-state index in [1.165, 1.54) is 24.0 Å². The molecule has 0 amide bonds. The van der Waals surface area contributed by atoms with E-state index in [1.807, 2.05) is 17.8 Å². The number of rotatable bonds is 2. The molecule has 0 radical (unpaired) electrons. The van der Waals surface area contributed by atoms with Gasteiger partial charge in [-0.3, -0.25) is 4.90 Å². The first kappa shape index (κ1) is 12.4. The minimum absolute atomic E-state index is 0.165. The standard InChI is InChI=1S/C12H15BrFNS/c13-12-10(3-1-4-11(12)14)9-15-5-2-7-16-8-6-15/h1,3-4H,2,5-9H2. The average Bonchev–Trinajstić information content (AvgIpc) is 2.53. The van der Waals surface area contributed by atoms with Crippen LogP contribution >= 0.6 is 27.7 Å². The average molecular weight is 304 g/mol. The van der Waals surface area contributed by atoms with Crippen LogP contribution in [0.25, 0.3) is 0 Å². The third-order valence-electron chi connectivity index (χ3n) is 2.74. The van der Waals surface area contributed by atoms with E-state index >= 15 is 0 Å². The third kappa shape index (κ3) is 3.22. The Morgan fingerprint density at radius 2 is 2.19 bits per heavy atom. The Labute approximate surface area is 109 Å². The molecule has 1 saturated heterocycles. The second-order valence-corrected chi connectivity index (χ2v) is 5.97. The van der Waals surface area contributed by atoms with Gasteiger partial charge in [0, 0.05) is 18.8 Å². The molecule has 1 heterocycles. The summed E-state index contributed by atoms with van der Waals surface area (Å²) in [5, 5.41) is 0. The number of benzene rings is 1. The molecule has 2 rings (SSSR count). The monoisotopic (exact) mass is 303 g/mol. The Morgan fingerprint density at radius 1 is 1.31 bits per heavy atom. The minimum atomic E-state index is -0.165. The van der Waals surface area contributed by atoms with E-state index in [9.17, 15) is 4.39 Å². The van der Waals surface area contributed by atoms with Crippen molar-refractivity contribution in [2.24, 2.45) is 0 Å². The highest BCUT2D eigenvalue weighted by Crippen LogP contribution is 2.22. The van der Waals surface area contributed by atoms with E-state index in [0.717, 1.165) is 25.2 Å². The molecule has 1 fully saturated rings. The molecule has 0 unspecified atom stereocenters. The van der Waals surface area contributed by atoms with Crippen LogP contribution in [0.2, 0.25) is 0 Å². The first-order valence-corrected chi connectivity index (χ1v) is 7.45. The SMILES string of the molecule is Fc1cccc(CN2CCCSCC2)c1Br. The molecule has 0 aliphatic carbocycles. The van der Waals surface area contributed by atoms with Gasteiger partial charge in [0.1, 0.15) is 5.82 Å². The van der Waals surface area contributed by atoms with Crippen LogP contribution in [0.1, 0.15) is 12.0 Å². The van der Waals surface area contributed by atoms with Gasteiger partial charge in [-0.1, -0.05) is 12.1 Å². The van der Waals surface area contributed by atoms with Crippen molar-refractivity contribution >= 4 is 27.7 Å². The number of hydrogen-bond donors (Lipinski definition) is 0. The maximum atomic E-state index is 13.3. The van der Waals surface area contributed by atoms with Crippen molar-refractivity contribution in [3.05, 3.63) is 34.1 Å². The molecular formula is C12H15BrFNS. The molecule has 88 valence electrons. The van der Waals surface area contributed by atoms with Crippen LogP contribution < -0.4 is 0 Å². The number of thioether (sulfide) groups is 1. The van der Waals surface area contributed by atoms with Gasteiger partial charge in [-0.25, -0.2) is 4.39 Å². The summed E-state index contributed by atoms with van der Waals surface area (Å²) in [6, 6.07) is 5.26. The van der Waals surface area contributed by atoms with E-state index in [-0.39, 0.29) is 5.82 Å². The van der Waals surface area contributed by atoms with Gasteiger partial charge in [0.15, 0.2) is 0 Å². The zero-order valence-corrected chi connectivity index (χ0v) is 11.5. The van der Waals surface area contributed by atoms with Crippen molar-refractivity contribution in [1.29, 1.82) is 0 Å². The lowest BCUT2D eigenvalue weighted by atomic mass is 10.2. The number of halogens is 2. The molecule has 0 bridgehead atoms. The van der Waals surface area contributed by atoms with Crippen molar-refractivity contribution in [2.75, 3.05) is 24.6 Å². The summed E-state index contributed by atoms with van der Waals surface area (Å²) in [6.07, 6.45) is 1.23. The predicted octanol–water partition coefficient (Wildman–Crippen LogP) is 3.53. The smallest absolute Gasteiger partial charge is 0.137 e. The number of hydrogen-bond acceptors (Lipinski definition) is 2. The molecule has 1 aliphatic heterocycles. The van der Waals surface area contributed by atoms with Crippen LogP contribution in [0.15, 0.2) is 22.7 Å². The fraction of sp³-hybridized carbons (Fsp3) is 0.500. The van der Waals surface area contributed by atoms with Crippen LogP contribution in [0, 0.1) is 5.82 Å². The van der Waals surface area contributed by atoms with Gasteiger partial charge >= 0.3 is 0 Å². The highest BCUT2D eigenvalue weighted by Gasteiger charge is 2.12. The molecule has 0 spiro atoms. The lowest BCUT2D eigenvalue weighted by Gasteiger charge is -2.20. The Morgan fingerprint density at radius 3 is 3.06 bits per heavy atom. The van der Waals surface area contributed by atoms with Gasteiger partial charge in [0.25, 0.3) is 0 Å². The van der Waals surface area contributed by atoms with Crippen LogP contribution in [-0.2, 0) is 6.54 Å². The molecule has 1 aromatic carbocycles. The zero-order valence-electron chi connectivity index (χ0n) is 9.09. The Kier molecular flexibility index (Phi) is 4.67. The van der Waals surface area contributed by atoms with Gasteiger partial charge in [-0.05, 0) is 46.3 Å². The zero-order chi connectivity index (χ0) is 11.4. The van der Waals surface area contributed by atoms with Gasteiger partial charge < -0.3 is 0 Å². The first-order valence-electron chi connectivity index (χ1n) is 5.50. The summed E-state index contributed by atoms with van der Waals surface area (Å²) >= 11 is 5.33. The quantitative estimate of drug-likeness (QED) is 0.822. The molecule has 0 aromatic heterocycles. The first-order chi connectivity index (χ1) is 7.77. The normalized spacial score (nSPS) is 18.4. The second-order valence-electron chi connectivity index (χ2n) is 3.96. The lowest BCUT2D eigenvalue weighted by Crippen LogP contribution is -2.25. The Bertz CT molecular complexity index is 351. The van der Waals surface area contributed by atoms with Crippen molar-refractivity contribution in [3.8, 4) is 0 Å². The van der Waals surface area contributed by atoms with Gasteiger partial charge in [0.2, 0.25) is 0 Å². The fourth-order valence-corrected chi connectivity index (χ4v) is 3.18. The van der Waals surface area contributed by atoms with Crippen LogP contribution in [0.3, 0.4) is 0 Å². The largest absolute Gasteiger partial charge is 0.298 e. The molecule has 0 N–H and O–H groups in total. The second kappa shape index (κ2) is 6.03. The Balaban J connectivity index is 2.04. The van der Waals surface area contributed by atoms with E-state index < -0.39 is 0 Å². The molecular weight excluding hydrogens is 289 g/mol. The third-order valence-corrected chi connectivity index (χ3v) is 4.68. The fourth-order valence-electron chi connectivity index (χ4n) is 1.87. The maximum Gasteiger partial charge on any atom is 0.137 e.